The summed E-state index contributed by atoms with van der Waals surface area (Å²) in [6, 6.07) is 2.24. The lowest BCUT2D eigenvalue weighted by atomic mass is 10.1. The van der Waals surface area contributed by atoms with Gasteiger partial charge in [-0.25, -0.2) is 9.78 Å². The average Bonchev–Trinajstić information content (AvgIpc) is 3.44. The van der Waals surface area contributed by atoms with Crippen LogP contribution in [-0.4, -0.2) is 47.3 Å². The van der Waals surface area contributed by atoms with Crippen molar-refractivity contribution in [2.24, 2.45) is 0 Å². The number of unbranched alkanes of at least 4 members (excludes halogenated alkanes) is 1. The second-order valence-electron chi connectivity index (χ2n) is 8.02. The molecule has 0 unspecified atom stereocenters. The second kappa shape index (κ2) is 7.18. The molecule has 0 aromatic carbocycles. The lowest BCUT2D eigenvalue weighted by molar-refractivity contribution is 0.284. The number of aromatic nitrogens is 5. The molecule has 0 radical (unpaired) electrons. The number of aliphatic hydroxyl groups excluding tert-OH is 1. The van der Waals surface area contributed by atoms with E-state index < -0.39 is 0 Å². The van der Waals surface area contributed by atoms with Gasteiger partial charge in [0, 0.05) is 44.0 Å². The van der Waals surface area contributed by atoms with Gasteiger partial charge in [-0.3, -0.25) is 14.1 Å². The molecule has 0 atom stereocenters. The summed E-state index contributed by atoms with van der Waals surface area (Å²) < 4.78 is 5.89. The van der Waals surface area contributed by atoms with E-state index in [9.17, 15) is 9.90 Å². The molecule has 0 bridgehead atoms. The van der Waals surface area contributed by atoms with Crippen LogP contribution in [0.1, 0.15) is 48.9 Å². The molecule has 0 spiro atoms. The Bertz CT molecular complexity index is 1130. The van der Waals surface area contributed by atoms with E-state index in [1.165, 1.54) is 0 Å². The largest absolute Gasteiger partial charge is 0.396 e. The highest BCUT2D eigenvalue weighted by atomic mass is 16.2. The first kappa shape index (κ1) is 18.2. The minimum atomic E-state index is 0.0236. The van der Waals surface area contributed by atoms with Gasteiger partial charge in [0.25, 0.3) is 0 Å². The molecule has 0 saturated heterocycles. The molecule has 1 aliphatic heterocycles. The Morgan fingerprint density at radius 2 is 2.07 bits per heavy atom. The summed E-state index contributed by atoms with van der Waals surface area (Å²) in [4.78, 5) is 24.5. The quantitative estimate of drug-likeness (QED) is 0.620. The molecule has 1 aliphatic carbocycles. The Labute approximate surface area is 168 Å². The molecule has 3 aromatic heterocycles. The summed E-state index contributed by atoms with van der Waals surface area (Å²) in [5.74, 6) is 0.987. The van der Waals surface area contributed by atoms with E-state index in [1.54, 1.807) is 12.4 Å². The Morgan fingerprint density at radius 1 is 1.21 bits per heavy atom. The minimum absolute atomic E-state index is 0.0236. The smallest absolute Gasteiger partial charge is 0.329 e. The zero-order chi connectivity index (χ0) is 20.0. The third kappa shape index (κ3) is 3.17. The number of nitrogens with zero attached hydrogens (tertiary/aromatic N) is 6. The van der Waals surface area contributed by atoms with Crippen LogP contribution in [-0.2, 0) is 19.5 Å². The highest BCUT2D eigenvalue weighted by Gasteiger charge is 2.29. The number of imidazole rings is 2. The summed E-state index contributed by atoms with van der Waals surface area (Å²) in [6.45, 7) is 1.37. The number of hydrogen-bond donors (Lipinski definition) is 1. The number of hydrogen-bond acceptors (Lipinski definition) is 5. The van der Waals surface area contributed by atoms with Crippen molar-refractivity contribution in [2.75, 3.05) is 13.7 Å². The van der Waals surface area contributed by atoms with Crippen molar-refractivity contribution in [1.29, 1.82) is 0 Å². The zero-order valence-corrected chi connectivity index (χ0v) is 16.7. The molecule has 8 nitrogen and oxygen atoms in total. The van der Waals surface area contributed by atoms with Crippen molar-refractivity contribution in [3.8, 4) is 0 Å². The Morgan fingerprint density at radius 3 is 2.86 bits per heavy atom. The number of fused-ring (bicyclic) bond motifs is 2. The minimum Gasteiger partial charge on any atom is -0.396 e. The summed E-state index contributed by atoms with van der Waals surface area (Å²) in [6.07, 6.45) is 12.2. The van der Waals surface area contributed by atoms with Crippen molar-refractivity contribution in [2.45, 2.75) is 51.2 Å². The standard InChI is InChI=1S/C21H26N6O2/c1-24-9-10-25-17(4-2-3-11-28)16(23-20(25)14-24)13-26-19-12-22-8-7-18(19)27(21(26)29)15-5-6-15/h7-10,12,15,28H,2-6,11,13-14H2,1H3. The normalized spacial score (nSPS) is 16.0. The van der Waals surface area contributed by atoms with Gasteiger partial charge < -0.3 is 14.6 Å². The molecule has 1 fully saturated rings. The number of pyridine rings is 1. The van der Waals surface area contributed by atoms with E-state index in [1.807, 2.05) is 34.6 Å². The van der Waals surface area contributed by atoms with Gasteiger partial charge in [-0.1, -0.05) is 0 Å². The SMILES string of the molecule is CN1C=Cn2c(nc(Cn3c(=O)n(C4CC4)c4ccncc43)c2CCCCO)C1. The van der Waals surface area contributed by atoms with Gasteiger partial charge in [0.2, 0.25) is 0 Å². The maximum absolute atomic E-state index is 13.2. The monoisotopic (exact) mass is 394 g/mol. The molecule has 29 heavy (non-hydrogen) atoms. The molecule has 2 aliphatic rings. The Hall–Kier alpha value is -2.87. The lowest BCUT2D eigenvalue weighted by Gasteiger charge is -2.19. The topological polar surface area (TPSA) is 81.1 Å². The Kier molecular flexibility index (Phi) is 4.50. The predicted molar refractivity (Wildman–Crippen MR) is 110 cm³/mol. The molecule has 152 valence electrons. The highest BCUT2D eigenvalue weighted by Crippen LogP contribution is 2.36. The Balaban J connectivity index is 1.58. The molecule has 4 heterocycles. The van der Waals surface area contributed by atoms with Crippen LogP contribution in [0.2, 0.25) is 0 Å². The predicted octanol–water partition coefficient (Wildman–Crippen LogP) is 1.97. The molecule has 1 saturated carbocycles. The number of aliphatic hydroxyl groups is 1. The summed E-state index contributed by atoms with van der Waals surface area (Å²) in [5.41, 5.74) is 3.90. The maximum atomic E-state index is 13.2. The van der Waals surface area contributed by atoms with Gasteiger partial charge in [-0.2, -0.15) is 0 Å². The maximum Gasteiger partial charge on any atom is 0.329 e. The van der Waals surface area contributed by atoms with Crippen LogP contribution in [0.15, 0.2) is 29.5 Å². The van der Waals surface area contributed by atoms with Crippen LogP contribution < -0.4 is 5.69 Å². The first-order chi connectivity index (χ1) is 14.2. The van der Waals surface area contributed by atoms with Gasteiger partial charge in [-0.15, -0.1) is 0 Å². The molecule has 0 amide bonds. The molecule has 5 rings (SSSR count). The van der Waals surface area contributed by atoms with E-state index in [4.69, 9.17) is 4.98 Å². The van der Waals surface area contributed by atoms with Crippen molar-refractivity contribution < 1.29 is 5.11 Å². The van der Waals surface area contributed by atoms with Crippen LogP contribution in [0.5, 0.6) is 0 Å². The van der Waals surface area contributed by atoms with Crippen molar-refractivity contribution in [3.63, 3.8) is 0 Å². The van der Waals surface area contributed by atoms with E-state index in [-0.39, 0.29) is 12.3 Å². The van der Waals surface area contributed by atoms with Crippen molar-refractivity contribution in [3.05, 3.63) is 52.4 Å². The van der Waals surface area contributed by atoms with Gasteiger partial charge in [0.15, 0.2) is 0 Å². The third-order valence-electron chi connectivity index (χ3n) is 5.83. The second-order valence-corrected chi connectivity index (χ2v) is 8.02. The zero-order valence-electron chi connectivity index (χ0n) is 16.7. The average molecular weight is 394 g/mol. The van der Waals surface area contributed by atoms with Crippen LogP contribution in [0, 0.1) is 0 Å². The fraction of sp³-hybridized carbons (Fsp3) is 0.476. The van der Waals surface area contributed by atoms with E-state index in [0.717, 1.165) is 66.9 Å². The first-order valence-corrected chi connectivity index (χ1v) is 10.3. The summed E-state index contributed by atoms with van der Waals surface area (Å²) in [7, 11) is 2.03. The summed E-state index contributed by atoms with van der Waals surface area (Å²) in [5, 5.41) is 9.19. The van der Waals surface area contributed by atoms with E-state index >= 15 is 0 Å². The molecule has 3 aromatic rings. The molecular formula is C21H26N6O2. The van der Waals surface area contributed by atoms with Gasteiger partial charge in [0.05, 0.1) is 36.0 Å². The highest BCUT2D eigenvalue weighted by molar-refractivity contribution is 5.75. The number of rotatable bonds is 7. The molecule has 1 N–H and O–H groups in total. The van der Waals surface area contributed by atoms with Crippen LogP contribution >= 0.6 is 0 Å². The van der Waals surface area contributed by atoms with Crippen LogP contribution in [0.4, 0.5) is 0 Å². The molecular weight excluding hydrogens is 368 g/mol. The van der Waals surface area contributed by atoms with Crippen LogP contribution in [0.3, 0.4) is 0 Å². The van der Waals surface area contributed by atoms with Gasteiger partial charge in [-0.05, 0) is 38.2 Å². The van der Waals surface area contributed by atoms with Crippen LogP contribution in [0.25, 0.3) is 17.2 Å². The van der Waals surface area contributed by atoms with E-state index in [2.05, 4.69) is 14.5 Å². The molecule has 8 heteroatoms. The first-order valence-electron chi connectivity index (χ1n) is 10.3. The van der Waals surface area contributed by atoms with Gasteiger partial charge in [0.1, 0.15) is 5.82 Å². The summed E-state index contributed by atoms with van der Waals surface area (Å²) >= 11 is 0. The fourth-order valence-electron chi connectivity index (χ4n) is 4.22. The van der Waals surface area contributed by atoms with E-state index in [0.29, 0.717) is 12.6 Å². The fourth-order valence-corrected chi connectivity index (χ4v) is 4.22. The lowest BCUT2D eigenvalue weighted by Crippen LogP contribution is -2.24. The third-order valence-corrected chi connectivity index (χ3v) is 5.83. The van der Waals surface area contributed by atoms with Crippen molar-refractivity contribution in [1.82, 2.24) is 28.6 Å². The van der Waals surface area contributed by atoms with Gasteiger partial charge >= 0.3 is 5.69 Å². The van der Waals surface area contributed by atoms with Crippen molar-refractivity contribution >= 4 is 17.2 Å².